The molecule has 0 saturated heterocycles. The van der Waals surface area contributed by atoms with Crippen molar-refractivity contribution in [2.75, 3.05) is 35.5 Å². The highest BCUT2D eigenvalue weighted by Crippen LogP contribution is 2.60. The van der Waals surface area contributed by atoms with Crippen LogP contribution < -0.4 is 14.2 Å². The van der Waals surface area contributed by atoms with Crippen LogP contribution in [0.15, 0.2) is 47.7 Å². The average molecular weight is 478 g/mol. The standard InChI is InChI=1S/C28H31NO6/c1-29(14-16-8-6-7-9-19(16)30)18-11-10-15-12-21(33-3)27(34-4)28(35-5)22(15)23-17-13-20(32-2)26(31)24(17)25(18)23/h6-9,12-13,17-18,24,30H,10-11,14H2,1-5H3/t17-,18+,24-/m0/s1. The summed E-state index contributed by atoms with van der Waals surface area (Å²) in [4.78, 5) is 15.5. The molecule has 0 bridgehead atoms. The summed E-state index contributed by atoms with van der Waals surface area (Å²) in [7, 11) is 8.46. The Kier molecular flexibility index (Phi) is 5.97. The van der Waals surface area contributed by atoms with Gasteiger partial charge in [0.2, 0.25) is 11.5 Å². The molecule has 2 aromatic carbocycles. The first-order valence-corrected chi connectivity index (χ1v) is 11.8. The normalized spacial score (nSPS) is 22.5. The van der Waals surface area contributed by atoms with E-state index in [9.17, 15) is 9.90 Å². The van der Waals surface area contributed by atoms with Gasteiger partial charge in [0.05, 0.1) is 34.4 Å². The van der Waals surface area contributed by atoms with Gasteiger partial charge in [-0.05, 0) is 54.8 Å². The van der Waals surface area contributed by atoms with Gasteiger partial charge in [0.15, 0.2) is 17.3 Å². The highest BCUT2D eigenvalue weighted by molar-refractivity contribution is 6.08. The molecular formula is C28H31NO6. The van der Waals surface area contributed by atoms with Crippen molar-refractivity contribution in [1.29, 1.82) is 0 Å². The van der Waals surface area contributed by atoms with Gasteiger partial charge in [0, 0.05) is 29.6 Å². The number of nitrogens with zero attached hydrogens (tertiary/aromatic N) is 1. The zero-order chi connectivity index (χ0) is 24.9. The van der Waals surface area contributed by atoms with E-state index in [0.717, 1.165) is 40.7 Å². The molecule has 184 valence electrons. The van der Waals surface area contributed by atoms with Crippen molar-refractivity contribution >= 4 is 11.4 Å². The van der Waals surface area contributed by atoms with Crippen LogP contribution in [0, 0.1) is 11.8 Å². The predicted molar refractivity (Wildman–Crippen MR) is 132 cm³/mol. The number of hydrogen-bond acceptors (Lipinski definition) is 7. The Morgan fingerprint density at radius 1 is 1.03 bits per heavy atom. The molecule has 7 heteroatoms. The molecule has 0 aliphatic heterocycles. The first-order chi connectivity index (χ1) is 16.9. The lowest BCUT2D eigenvalue weighted by Gasteiger charge is -2.43. The van der Waals surface area contributed by atoms with Gasteiger partial charge in [-0.15, -0.1) is 0 Å². The van der Waals surface area contributed by atoms with E-state index in [4.69, 9.17) is 18.9 Å². The number of phenolic OH excluding ortho intramolecular Hbond substituents is 1. The van der Waals surface area contributed by atoms with E-state index in [2.05, 4.69) is 4.90 Å². The molecule has 0 radical (unpaired) electrons. The summed E-state index contributed by atoms with van der Waals surface area (Å²) in [6.07, 6.45) is 3.54. The summed E-state index contributed by atoms with van der Waals surface area (Å²) in [5, 5.41) is 10.4. The highest BCUT2D eigenvalue weighted by Gasteiger charge is 2.54. The number of fused-ring (bicyclic) bond motifs is 5. The first kappa shape index (κ1) is 23.3. The van der Waals surface area contributed by atoms with Crippen LogP contribution in [0.2, 0.25) is 0 Å². The van der Waals surface area contributed by atoms with Gasteiger partial charge in [0.1, 0.15) is 5.75 Å². The van der Waals surface area contributed by atoms with Crippen molar-refractivity contribution in [3.05, 3.63) is 64.4 Å². The monoisotopic (exact) mass is 477 g/mol. The molecule has 0 heterocycles. The summed E-state index contributed by atoms with van der Waals surface area (Å²) < 4.78 is 22.7. The number of methoxy groups -OCH3 is 4. The number of allylic oxidation sites excluding steroid dienone is 3. The third-order valence-electron chi connectivity index (χ3n) is 7.59. The molecule has 35 heavy (non-hydrogen) atoms. The fourth-order valence-electron chi connectivity index (χ4n) is 6.00. The highest BCUT2D eigenvalue weighted by atomic mass is 16.5. The number of phenols is 1. The van der Waals surface area contributed by atoms with E-state index in [1.54, 1.807) is 34.5 Å². The zero-order valence-corrected chi connectivity index (χ0v) is 20.8. The SMILES string of the molecule is COC1=C[C@H]2C3=C([C@H]2C1=O)[C@H](N(C)Cc1ccccc1O)CCc1cc(OC)c(OC)c(OC)c13. The number of ketones is 1. The predicted octanol–water partition coefficient (Wildman–Crippen LogP) is 3.98. The van der Waals surface area contributed by atoms with E-state index < -0.39 is 0 Å². The van der Waals surface area contributed by atoms with E-state index in [1.165, 1.54) is 0 Å². The maximum absolute atomic E-state index is 13.3. The number of ether oxygens (including phenoxy) is 4. The number of rotatable bonds is 7. The van der Waals surface area contributed by atoms with Crippen molar-refractivity contribution in [2.45, 2.75) is 25.4 Å². The van der Waals surface area contributed by atoms with Gasteiger partial charge < -0.3 is 24.1 Å². The number of hydrogen-bond donors (Lipinski definition) is 1. The lowest BCUT2D eigenvalue weighted by atomic mass is 9.64. The minimum atomic E-state index is -0.250. The fourth-order valence-corrected chi connectivity index (χ4v) is 6.00. The molecule has 1 N–H and O–H groups in total. The van der Waals surface area contributed by atoms with Crippen LogP contribution in [0.1, 0.15) is 23.1 Å². The average Bonchev–Trinajstić information content (AvgIpc) is 3.04. The van der Waals surface area contributed by atoms with Gasteiger partial charge in [-0.2, -0.15) is 0 Å². The van der Waals surface area contributed by atoms with Crippen molar-refractivity contribution in [1.82, 2.24) is 4.90 Å². The second kappa shape index (κ2) is 8.96. The van der Waals surface area contributed by atoms with Crippen molar-refractivity contribution in [3.63, 3.8) is 0 Å². The number of aromatic hydroxyl groups is 1. The van der Waals surface area contributed by atoms with Gasteiger partial charge in [0.25, 0.3) is 0 Å². The van der Waals surface area contributed by atoms with E-state index in [-0.39, 0.29) is 29.4 Å². The number of para-hydroxylation sites is 1. The van der Waals surface area contributed by atoms with Crippen molar-refractivity contribution < 1.29 is 28.8 Å². The lowest BCUT2D eigenvalue weighted by molar-refractivity contribution is -0.121. The van der Waals surface area contributed by atoms with Crippen LogP contribution in [0.5, 0.6) is 23.0 Å². The van der Waals surface area contributed by atoms with E-state index in [1.807, 2.05) is 37.4 Å². The van der Waals surface area contributed by atoms with Crippen LogP contribution >= 0.6 is 0 Å². The van der Waals surface area contributed by atoms with Crippen LogP contribution in [0.3, 0.4) is 0 Å². The first-order valence-electron chi connectivity index (χ1n) is 11.8. The van der Waals surface area contributed by atoms with E-state index >= 15 is 0 Å². The molecule has 3 aliphatic carbocycles. The Bertz CT molecular complexity index is 1250. The summed E-state index contributed by atoms with van der Waals surface area (Å²) in [5.41, 5.74) is 5.15. The van der Waals surface area contributed by atoms with Crippen LogP contribution in [0.4, 0.5) is 0 Å². The second-order valence-corrected chi connectivity index (χ2v) is 9.25. The van der Waals surface area contributed by atoms with Gasteiger partial charge in [-0.3, -0.25) is 9.69 Å². The third kappa shape index (κ3) is 3.48. The molecule has 3 aliphatic rings. The number of Topliss-reactive ketones (excluding diaryl/α,β-unsaturated/α-hetero) is 1. The van der Waals surface area contributed by atoms with Crippen molar-refractivity contribution in [2.24, 2.45) is 11.8 Å². The number of benzene rings is 2. The van der Waals surface area contributed by atoms with Crippen LogP contribution in [-0.4, -0.2) is 57.3 Å². The fraction of sp³-hybridized carbons (Fsp3) is 0.393. The molecule has 0 unspecified atom stereocenters. The second-order valence-electron chi connectivity index (χ2n) is 9.25. The molecule has 0 saturated carbocycles. The zero-order valence-electron chi connectivity index (χ0n) is 20.8. The summed E-state index contributed by atoms with van der Waals surface area (Å²) in [5.74, 6) is 2.19. The molecule has 7 nitrogen and oxygen atoms in total. The molecule has 0 fully saturated rings. The molecule has 0 aromatic heterocycles. The topological polar surface area (TPSA) is 77.5 Å². The Morgan fingerprint density at radius 3 is 2.43 bits per heavy atom. The number of aryl methyl sites for hydroxylation is 1. The maximum atomic E-state index is 13.3. The molecule has 5 rings (SSSR count). The largest absolute Gasteiger partial charge is 0.508 e. The molecule has 0 spiro atoms. The minimum absolute atomic E-state index is 0.00788. The minimum Gasteiger partial charge on any atom is -0.508 e. The molecule has 0 amide bonds. The van der Waals surface area contributed by atoms with Crippen LogP contribution in [-0.2, 0) is 22.5 Å². The Labute approximate surface area is 205 Å². The number of carbonyl (C=O) groups is 1. The van der Waals surface area contributed by atoms with Gasteiger partial charge in [-0.1, -0.05) is 18.2 Å². The Morgan fingerprint density at radius 2 is 1.77 bits per heavy atom. The molecule has 2 aromatic rings. The van der Waals surface area contributed by atoms with Gasteiger partial charge in [-0.25, -0.2) is 0 Å². The summed E-state index contributed by atoms with van der Waals surface area (Å²) in [6, 6.07) is 9.41. The maximum Gasteiger partial charge on any atom is 0.205 e. The number of likely N-dealkylation sites (N-methyl/N-ethyl adjacent to an activating group) is 1. The van der Waals surface area contributed by atoms with Gasteiger partial charge >= 0.3 is 0 Å². The Hall–Kier alpha value is -3.45. The third-order valence-corrected chi connectivity index (χ3v) is 7.59. The van der Waals surface area contributed by atoms with Crippen molar-refractivity contribution in [3.8, 4) is 23.0 Å². The smallest absolute Gasteiger partial charge is 0.205 e. The number of carbonyl (C=O) groups excluding carboxylic acids is 1. The molecule has 3 atom stereocenters. The summed E-state index contributed by atoms with van der Waals surface area (Å²) >= 11 is 0. The van der Waals surface area contributed by atoms with Crippen LogP contribution in [0.25, 0.3) is 5.57 Å². The molecular weight excluding hydrogens is 446 g/mol. The Balaban J connectivity index is 1.66. The quantitative estimate of drug-likeness (QED) is 0.646. The lowest BCUT2D eigenvalue weighted by Crippen LogP contribution is -2.43. The summed E-state index contributed by atoms with van der Waals surface area (Å²) in [6.45, 7) is 0.560. The van der Waals surface area contributed by atoms with E-state index in [0.29, 0.717) is 29.6 Å².